The van der Waals surface area contributed by atoms with Crippen molar-refractivity contribution in [3.63, 3.8) is 0 Å². The van der Waals surface area contributed by atoms with Crippen molar-refractivity contribution in [1.29, 1.82) is 0 Å². The Labute approximate surface area is 496 Å². The van der Waals surface area contributed by atoms with Gasteiger partial charge in [-0.3, -0.25) is 0 Å². The summed E-state index contributed by atoms with van der Waals surface area (Å²) < 4.78 is 0. The highest BCUT2D eigenvalue weighted by Gasteiger charge is 2.10. The second kappa shape index (κ2) is 51.5. The van der Waals surface area contributed by atoms with Crippen LogP contribution in [0.3, 0.4) is 0 Å². The lowest BCUT2D eigenvalue weighted by Crippen LogP contribution is -2.01. The van der Waals surface area contributed by atoms with Crippen LogP contribution in [0.1, 0.15) is 342 Å². The van der Waals surface area contributed by atoms with Crippen molar-refractivity contribution in [2.75, 3.05) is 0 Å². The number of hydrogen-bond donors (Lipinski definition) is 1. The number of aromatic carboxylic acids is 1. The molecule has 0 aliphatic rings. The first kappa shape index (κ1) is 73.7. The third-order valence-electron chi connectivity index (χ3n) is 16.4. The average molecular weight is 1110 g/mol. The van der Waals surface area contributed by atoms with E-state index in [0.29, 0.717) is 17.0 Å². The first-order valence-corrected chi connectivity index (χ1v) is 33.5. The quantitative estimate of drug-likeness (QED) is 0.0521. The van der Waals surface area contributed by atoms with Crippen LogP contribution in [-0.4, -0.2) is 11.1 Å². The van der Waals surface area contributed by atoms with Crippen molar-refractivity contribution in [2.45, 2.75) is 332 Å². The SMILES string of the molecule is CCCCCCCCCCCCCCCCCCCCCCCCC/C(C)=C/CC/C(C)=C/CC/C(C)=C/CC/C(C)=C/CC/C(C)=C/CC/C(C)=C/CC/C(C)=C/CC/C(C)=C/CC/C(C)=C/Cc1cc(Cl)ccc1C(=O)O. The van der Waals surface area contributed by atoms with E-state index >= 15 is 0 Å². The lowest BCUT2D eigenvalue weighted by molar-refractivity contribution is 0.0695. The number of rotatable bonds is 51. The minimum absolute atomic E-state index is 0.324. The zero-order valence-electron chi connectivity index (χ0n) is 53.7. The van der Waals surface area contributed by atoms with Gasteiger partial charge in [0.1, 0.15) is 0 Å². The summed E-state index contributed by atoms with van der Waals surface area (Å²) in [5.74, 6) is -0.909. The number of unbranched alkanes of at least 4 members (excludes halogenated alkanes) is 22. The Morgan fingerprint density at radius 1 is 0.342 bits per heavy atom. The maximum atomic E-state index is 11.6. The smallest absolute Gasteiger partial charge is 0.335 e. The van der Waals surface area contributed by atoms with Gasteiger partial charge >= 0.3 is 5.97 Å². The average Bonchev–Trinajstić information content (AvgIpc) is 3.40. The second-order valence-electron chi connectivity index (χ2n) is 24.6. The number of carbonyl (C=O) groups is 1. The molecule has 0 aromatic heterocycles. The molecule has 0 radical (unpaired) electrons. The molecular weight excluding hydrogens is 980 g/mol. The number of allylic oxidation sites excluding steroid dienone is 18. The molecule has 1 aromatic carbocycles. The van der Waals surface area contributed by atoms with Gasteiger partial charge in [-0.05, 0) is 208 Å². The summed E-state index contributed by atoms with van der Waals surface area (Å²) in [5, 5.41) is 10.1. The van der Waals surface area contributed by atoms with E-state index in [1.165, 1.54) is 225 Å². The standard InChI is InChI=1S/C76H125ClO2/c1-11-12-13-14-15-16-17-18-19-20-21-22-23-24-25-26-27-28-29-30-31-32-33-42-64(2)43-34-44-65(3)45-35-46-66(4)47-36-48-67(5)49-37-50-68(6)51-38-52-69(7)53-39-54-70(8)55-40-56-71(9)57-41-58-72(10)59-60-73-63-74(77)61-62-75(73)76(78)79/h43,45,47,49,51,53,55,57,59,61-63H,11-42,44,46,48,50,52,54,56,58,60H2,1-10H3,(H,78,79)/b64-43+,65-45+,66-47+,67-49+,68-51+,69-53+,70-55+,71-57+,72-59+. The molecule has 0 heterocycles. The van der Waals surface area contributed by atoms with Crippen LogP contribution in [0.25, 0.3) is 0 Å². The molecule has 0 saturated heterocycles. The van der Waals surface area contributed by atoms with E-state index in [-0.39, 0.29) is 0 Å². The number of carboxylic acid groups (broad SMARTS) is 1. The molecule has 0 amide bonds. The zero-order valence-corrected chi connectivity index (χ0v) is 54.4. The van der Waals surface area contributed by atoms with Gasteiger partial charge in [0.2, 0.25) is 0 Å². The van der Waals surface area contributed by atoms with Gasteiger partial charge < -0.3 is 5.11 Å². The van der Waals surface area contributed by atoms with E-state index in [0.717, 1.165) is 76.2 Å². The summed E-state index contributed by atoms with van der Waals surface area (Å²) in [6.07, 6.45) is 75.1. The van der Waals surface area contributed by atoms with Gasteiger partial charge in [-0.15, -0.1) is 0 Å². The fraction of sp³-hybridized carbons (Fsp3) is 0.671. The minimum Gasteiger partial charge on any atom is -0.478 e. The van der Waals surface area contributed by atoms with Crippen LogP contribution in [0.4, 0.5) is 0 Å². The molecule has 0 unspecified atom stereocenters. The molecule has 0 saturated carbocycles. The monoisotopic (exact) mass is 1100 g/mol. The first-order valence-electron chi connectivity index (χ1n) is 33.1. The van der Waals surface area contributed by atoms with Crippen LogP contribution in [0.2, 0.25) is 5.02 Å². The molecule has 3 heteroatoms. The summed E-state index contributed by atoms with van der Waals surface area (Å²) in [6.45, 7) is 22.9. The van der Waals surface area contributed by atoms with Crippen molar-refractivity contribution < 1.29 is 9.90 Å². The van der Waals surface area contributed by atoms with Crippen LogP contribution in [-0.2, 0) is 6.42 Å². The molecular formula is C76H125ClO2. The minimum atomic E-state index is -0.909. The molecule has 79 heavy (non-hydrogen) atoms. The van der Waals surface area contributed by atoms with Crippen LogP contribution in [0.5, 0.6) is 0 Å². The fourth-order valence-corrected chi connectivity index (χ4v) is 10.9. The molecule has 0 fully saturated rings. The highest BCUT2D eigenvalue weighted by atomic mass is 35.5. The van der Waals surface area contributed by atoms with Crippen molar-refractivity contribution >= 4 is 17.6 Å². The van der Waals surface area contributed by atoms with Crippen LogP contribution >= 0.6 is 11.6 Å². The summed E-state index contributed by atoms with van der Waals surface area (Å²) in [5.41, 5.74) is 14.5. The maximum absolute atomic E-state index is 11.6. The van der Waals surface area contributed by atoms with Crippen LogP contribution < -0.4 is 0 Å². The summed E-state index contributed by atoms with van der Waals surface area (Å²) in [6, 6.07) is 4.99. The lowest BCUT2D eigenvalue weighted by atomic mass is 10.0. The van der Waals surface area contributed by atoms with E-state index in [1.807, 2.05) is 0 Å². The number of carboxylic acids is 1. The molecule has 0 aliphatic heterocycles. The largest absolute Gasteiger partial charge is 0.478 e. The molecule has 0 aliphatic carbocycles. The Morgan fingerprint density at radius 3 is 0.823 bits per heavy atom. The summed E-state index contributed by atoms with van der Waals surface area (Å²) in [4.78, 5) is 11.6. The van der Waals surface area contributed by atoms with Gasteiger partial charge in [0.25, 0.3) is 0 Å². The highest BCUT2D eigenvalue weighted by Crippen LogP contribution is 2.22. The van der Waals surface area contributed by atoms with Gasteiger partial charge in [-0.1, -0.05) is 265 Å². The predicted molar refractivity (Wildman–Crippen MR) is 356 cm³/mol. The van der Waals surface area contributed by atoms with Crippen molar-refractivity contribution in [3.8, 4) is 0 Å². The fourth-order valence-electron chi connectivity index (χ4n) is 10.7. The first-order chi connectivity index (χ1) is 38.2. The van der Waals surface area contributed by atoms with Crippen molar-refractivity contribution in [3.05, 3.63) is 139 Å². The molecule has 1 rings (SSSR count). The molecule has 2 nitrogen and oxygen atoms in total. The van der Waals surface area contributed by atoms with Crippen LogP contribution in [0.15, 0.2) is 123 Å². The molecule has 0 atom stereocenters. The number of hydrogen-bond acceptors (Lipinski definition) is 1. The van der Waals surface area contributed by atoms with Gasteiger partial charge in [-0.25, -0.2) is 4.79 Å². The molecule has 1 aromatic rings. The number of benzene rings is 1. The molecule has 1 N–H and O–H groups in total. The third-order valence-corrected chi connectivity index (χ3v) is 16.6. The van der Waals surface area contributed by atoms with Gasteiger partial charge in [-0.2, -0.15) is 0 Å². The van der Waals surface area contributed by atoms with E-state index < -0.39 is 5.97 Å². The topological polar surface area (TPSA) is 37.3 Å². The van der Waals surface area contributed by atoms with Crippen LogP contribution in [0, 0.1) is 0 Å². The van der Waals surface area contributed by atoms with Gasteiger partial charge in [0.05, 0.1) is 5.56 Å². The molecule has 448 valence electrons. The van der Waals surface area contributed by atoms with Crippen molar-refractivity contribution in [1.82, 2.24) is 0 Å². The van der Waals surface area contributed by atoms with Gasteiger partial charge in [0, 0.05) is 5.02 Å². The maximum Gasteiger partial charge on any atom is 0.335 e. The Balaban J connectivity index is 2.08. The highest BCUT2D eigenvalue weighted by molar-refractivity contribution is 6.30. The summed E-state index contributed by atoms with van der Waals surface area (Å²) in [7, 11) is 0. The lowest BCUT2D eigenvalue weighted by Gasteiger charge is -2.06. The zero-order chi connectivity index (χ0) is 58.0. The van der Waals surface area contributed by atoms with E-state index in [4.69, 9.17) is 11.6 Å². The molecule has 0 spiro atoms. The Bertz CT molecular complexity index is 2010. The second-order valence-corrected chi connectivity index (χ2v) is 25.0. The predicted octanol–water partition coefficient (Wildman–Crippen LogP) is 26.7. The van der Waals surface area contributed by atoms with Crippen molar-refractivity contribution in [2.24, 2.45) is 0 Å². The summed E-state index contributed by atoms with van der Waals surface area (Å²) >= 11 is 6.12. The Kier molecular flexibility index (Phi) is 48.0. The van der Waals surface area contributed by atoms with E-state index in [9.17, 15) is 9.90 Å². The third kappa shape index (κ3) is 46.9. The molecule has 0 bridgehead atoms. The van der Waals surface area contributed by atoms with E-state index in [2.05, 4.69) is 124 Å². The van der Waals surface area contributed by atoms with Gasteiger partial charge in [0.15, 0.2) is 0 Å². The normalized spacial score (nSPS) is 13.8. The number of halogens is 1. The Hall–Kier alpha value is -3.36. The Morgan fingerprint density at radius 2 is 0.570 bits per heavy atom. The van der Waals surface area contributed by atoms with E-state index in [1.54, 1.807) is 29.3 Å².